The van der Waals surface area contributed by atoms with Crippen LogP contribution < -0.4 is 4.90 Å². The Hall–Kier alpha value is -1.69. The Morgan fingerprint density at radius 1 is 1.23 bits per heavy atom. The highest BCUT2D eigenvalue weighted by molar-refractivity contribution is 5.78. The second-order valence-electron chi connectivity index (χ2n) is 6.40. The standard InChI is InChI=1S/C16H25N5O/c1-13-4-7-15(18-17-13)20-8-3-9-21(11-10-20)16(22)12-19(2)14-5-6-14/h4,7,14H,3,5-6,8-12H2,1-2H3. The fraction of sp³-hybridized carbons (Fsp3) is 0.688. The summed E-state index contributed by atoms with van der Waals surface area (Å²) in [6, 6.07) is 4.64. The lowest BCUT2D eigenvalue weighted by molar-refractivity contribution is -0.132. The Morgan fingerprint density at radius 3 is 2.73 bits per heavy atom. The van der Waals surface area contributed by atoms with E-state index in [2.05, 4.69) is 27.0 Å². The van der Waals surface area contributed by atoms with Crippen molar-refractivity contribution in [2.75, 3.05) is 44.7 Å². The van der Waals surface area contributed by atoms with Crippen LogP contribution in [0.3, 0.4) is 0 Å². The number of likely N-dealkylation sites (N-methyl/N-ethyl adjacent to an activating group) is 1. The summed E-state index contributed by atoms with van der Waals surface area (Å²) in [6.45, 7) is 5.86. The first-order valence-electron chi connectivity index (χ1n) is 8.17. The van der Waals surface area contributed by atoms with E-state index in [4.69, 9.17) is 0 Å². The van der Waals surface area contributed by atoms with Gasteiger partial charge < -0.3 is 9.80 Å². The van der Waals surface area contributed by atoms with Gasteiger partial charge in [0, 0.05) is 32.2 Å². The van der Waals surface area contributed by atoms with Gasteiger partial charge in [-0.05, 0) is 45.4 Å². The summed E-state index contributed by atoms with van der Waals surface area (Å²) in [5.41, 5.74) is 0.929. The lowest BCUT2D eigenvalue weighted by atomic mass is 10.3. The van der Waals surface area contributed by atoms with Gasteiger partial charge in [-0.2, -0.15) is 5.10 Å². The molecule has 6 nitrogen and oxygen atoms in total. The average molecular weight is 303 g/mol. The number of anilines is 1. The van der Waals surface area contributed by atoms with Crippen LogP contribution in [0.1, 0.15) is 25.0 Å². The van der Waals surface area contributed by atoms with Crippen LogP contribution in [0.15, 0.2) is 12.1 Å². The molecule has 1 saturated heterocycles. The van der Waals surface area contributed by atoms with E-state index in [-0.39, 0.29) is 5.91 Å². The summed E-state index contributed by atoms with van der Waals surface area (Å²) < 4.78 is 0. The van der Waals surface area contributed by atoms with E-state index in [9.17, 15) is 4.79 Å². The smallest absolute Gasteiger partial charge is 0.236 e. The molecule has 3 rings (SSSR count). The molecule has 0 N–H and O–H groups in total. The predicted molar refractivity (Wildman–Crippen MR) is 85.8 cm³/mol. The van der Waals surface area contributed by atoms with E-state index in [1.54, 1.807) is 0 Å². The van der Waals surface area contributed by atoms with Gasteiger partial charge in [0.15, 0.2) is 5.82 Å². The minimum Gasteiger partial charge on any atom is -0.353 e. The quantitative estimate of drug-likeness (QED) is 0.828. The molecule has 22 heavy (non-hydrogen) atoms. The van der Waals surface area contributed by atoms with Crippen molar-refractivity contribution >= 4 is 11.7 Å². The molecule has 1 amide bonds. The normalized spacial score (nSPS) is 19.4. The Kier molecular flexibility index (Phi) is 4.57. The summed E-state index contributed by atoms with van der Waals surface area (Å²) in [4.78, 5) is 18.8. The third-order valence-corrected chi connectivity index (χ3v) is 4.51. The maximum atomic E-state index is 12.4. The zero-order chi connectivity index (χ0) is 15.5. The highest BCUT2D eigenvalue weighted by Gasteiger charge is 2.29. The highest BCUT2D eigenvalue weighted by Crippen LogP contribution is 2.25. The van der Waals surface area contributed by atoms with Crippen molar-refractivity contribution in [3.05, 3.63) is 17.8 Å². The van der Waals surface area contributed by atoms with Crippen molar-refractivity contribution in [1.82, 2.24) is 20.0 Å². The van der Waals surface area contributed by atoms with Gasteiger partial charge in [-0.15, -0.1) is 5.10 Å². The van der Waals surface area contributed by atoms with Crippen molar-refractivity contribution in [1.29, 1.82) is 0 Å². The first-order valence-corrected chi connectivity index (χ1v) is 8.17. The second kappa shape index (κ2) is 6.60. The SMILES string of the molecule is Cc1ccc(N2CCCN(C(=O)CN(C)C3CC3)CC2)nn1. The molecule has 1 aromatic rings. The van der Waals surface area contributed by atoms with Gasteiger partial charge in [-0.1, -0.05) is 0 Å². The molecule has 1 aliphatic carbocycles. The van der Waals surface area contributed by atoms with Crippen LogP contribution >= 0.6 is 0 Å². The molecule has 0 radical (unpaired) electrons. The maximum absolute atomic E-state index is 12.4. The van der Waals surface area contributed by atoms with E-state index in [0.717, 1.165) is 44.1 Å². The lowest BCUT2D eigenvalue weighted by Gasteiger charge is -2.24. The molecular weight excluding hydrogens is 278 g/mol. The van der Waals surface area contributed by atoms with E-state index in [0.29, 0.717) is 12.6 Å². The van der Waals surface area contributed by atoms with Crippen molar-refractivity contribution in [3.63, 3.8) is 0 Å². The molecule has 0 spiro atoms. The van der Waals surface area contributed by atoms with Crippen LogP contribution in [-0.4, -0.2) is 71.7 Å². The molecule has 2 fully saturated rings. The summed E-state index contributed by atoms with van der Waals surface area (Å²) in [5.74, 6) is 1.17. The first-order chi connectivity index (χ1) is 10.6. The van der Waals surface area contributed by atoms with E-state index >= 15 is 0 Å². The minimum absolute atomic E-state index is 0.256. The molecule has 6 heteroatoms. The minimum atomic E-state index is 0.256. The average Bonchev–Trinajstić information content (AvgIpc) is 3.34. The van der Waals surface area contributed by atoms with Gasteiger partial charge in [0.2, 0.25) is 5.91 Å². The monoisotopic (exact) mass is 303 g/mol. The molecule has 0 atom stereocenters. The predicted octanol–water partition coefficient (Wildman–Crippen LogP) is 0.918. The first kappa shape index (κ1) is 15.2. The summed E-state index contributed by atoms with van der Waals surface area (Å²) in [5, 5.41) is 8.38. The van der Waals surface area contributed by atoms with Crippen LogP contribution in [0.2, 0.25) is 0 Å². The molecule has 2 aliphatic rings. The Morgan fingerprint density at radius 2 is 2.05 bits per heavy atom. The Balaban J connectivity index is 1.54. The second-order valence-corrected chi connectivity index (χ2v) is 6.40. The Labute approximate surface area is 132 Å². The summed E-state index contributed by atoms with van der Waals surface area (Å²) >= 11 is 0. The van der Waals surface area contributed by atoms with Crippen LogP contribution in [0.25, 0.3) is 0 Å². The molecular formula is C16H25N5O. The molecule has 0 aromatic carbocycles. The highest BCUT2D eigenvalue weighted by atomic mass is 16.2. The lowest BCUT2D eigenvalue weighted by Crippen LogP contribution is -2.41. The fourth-order valence-corrected chi connectivity index (χ4v) is 2.91. The molecule has 2 heterocycles. The Bertz CT molecular complexity index is 514. The number of hydrogen-bond acceptors (Lipinski definition) is 5. The largest absolute Gasteiger partial charge is 0.353 e. The van der Waals surface area contributed by atoms with Gasteiger partial charge >= 0.3 is 0 Å². The van der Waals surface area contributed by atoms with Gasteiger partial charge in [0.05, 0.1) is 12.2 Å². The molecule has 1 aromatic heterocycles. The molecule has 0 unspecified atom stereocenters. The van der Waals surface area contributed by atoms with E-state index in [1.165, 1.54) is 12.8 Å². The zero-order valence-electron chi connectivity index (χ0n) is 13.5. The molecule has 120 valence electrons. The van der Waals surface area contributed by atoms with Gasteiger partial charge in [-0.25, -0.2) is 0 Å². The fourth-order valence-electron chi connectivity index (χ4n) is 2.91. The van der Waals surface area contributed by atoms with Gasteiger partial charge in [0.25, 0.3) is 0 Å². The van der Waals surface area contributed by atoms with Gasteiger partial charge in [0.1, 0.15) is 0 Å². The van der Waals surface area contributed by atoms with Crippen LogP contribution in [0, 0.1) is 6.92 Å². The van der Waals surface area contributed by atoms with Crippen molar-refractivity contribution in [2.45, 2.75) is 32.2 Å². The number of rotatable bonds is 4. The van der Waals surface area contributed by atoms with Crippen molar-refractivity contribution < 1.29 is 4.79 Å². The third kappa shape index (κ3) is 3.74. The molecule has 1 aliphatic heterocycles. The van der Waals surface area contributed by atoms with Crippen LogP contribution in [-0.2, 0) is 4.79 Å². The number of aryl methyl sites for hydroxylation is 1. The van der Waals surface area contributed by atoms with E-state index < -0.39 is 0 Å². The summed E-state index contributed by atoms with van der Waals surface area (Å²) in [7, 11) is 2.06. The van der Waals surface area contributed by atoms with Crippen molar-refractivity contribution in [3.8, 4) is 0 Å². The topological polar surface area (TPSA) is 52.6 Å². The van der Waals surface area contributed by atoms with Crippen LogP contribution in [0.5, 0.6) is 0 Å². The number of aromatic nitrogens is 2. The molecule has 0 bridgehead atoms. The number of nitrogens with zero attached hydrogens (tertiary/aromatic N) is 5. The number of amides is 1. The van der Waals surface area contributed by atoms with Crippen LogP contribution in [0.4, 0.5) is 5.82 Å². The number of carbonyl (C=O) groups is 1. The summed E-state index contributed by atoms with van der Waals surface area (Å²) in [6.07, 6.45) is 3.46. The number of carbonyl (C=O) groups excluding carboxylic acids is 1. The third-order valence-electron chi connectivity index (χ3n) is 4.51. The van der Waals surface area contributed by atoms with Gasteiger partial charge in [-0.3, -0.25) is 9.69 Å². The maximum Gasteiger partial charge on any atom is 0.236 e. The number of hydrogen-bond donors (Lipinski definition) is 0. The van der Waals surface area contributed by atoms with Crippen molar-refractivity contribution in [2.24, 2.45) is 0 Å². The zero-order valence-corrected chi connectivity index (χ0v) is 13.5. The van der Waals surface area contributed by atoms with E-state index in [1.807, 2.05) is 24.0 Å². The molecule has 1 saturated carbocycles.